The Hall–Kier alpha value is -0.610. The molecule has 2 atom stereocenters. The Morgan fingerprint density at radius 1 is 1.69 bits per heavy atom. The number of carbonyl (C=O) groups is 1. The lowest BCUT2D eigenvalue weighted by Crippen LogP contribution is -2.46. The second kappa shape index (κ2) is 4.58. The lowest BCUT2D eigenvalue weighted by molar-refractivity contribution is -0.142. The van der Waals surface area contributed by atoms with Gasteiger partial charge in [-0.3, -0.25) is 4.79 Å². The molecule has 76 valence electrons. The van der Waals surface area contributed by atoms with Gasteiger partial charge in [0.1, 0.15) is 0 Å². The molecule has 1 fully saturated rings. The number of rotatable bonds is 2. The first kappa shape index (κ1) is 10.5. The van der Waals surface area contributed by atoms with Crippen molar-refractivity contribution < 1.29 is 9.53 Å². The molecule has 0 amide bonds. The molecule has 4 heteroatoms. The van der Waals surface area contributed by atoms with Crippen LogP contribution in [-0.4, -0.2) is 44.2 Å². The van der Waals surface area contributed by atoms with E-state index in [-0.39, 0.29) is 17.9 Å². The molecule has 1 saturated heterocycles. The van der Waals surface area contributed by atoms with Crippen molar-refractivity contribution in [2.75, 3.05) is 27.2 Å². The summed E-state index contributed by atoms with van der Waals surface area (Å²) in [6.45, 7) is 1.93. The SMILES string of the molecule is COC(=O)C[C@H]1CN(C)CC[C@H]1N. The maximum absolute atomic E-state index is 11.0. The zero-order valence-corrected chi connectivity index (χ0v) is 8.32. The minimum atomic E-state index is -0.157. The number of hydrogen-bond acceptors (Lipinski definition) is 4. The van der Waals surface area contributed by atoms with E-state index in [1.54, 1.807) is 0 Å². The predicted octanol–water partition coefficient (Wildman–Crippen LogP) is -0.171. The zero-order chi connectivity index (χ0) is 9.84. The molecule has 0 bridgehead atoms. The first-order chi connectivity index (χ1) is 6.13. The van der Waals surface area contributed by atoms with E-state index >= 15 is 0 Å². The Labute approximate surface area is 79.0 Å². The van der Waals surface area contributed by atoms with Crippen molar-refractivity contribution in [3.63, 3.8) is 0 Å². The molecule has 0 radical (unpaired) electrons. The van der Waals surface area contributed by atoms with Crippen LogP contribution < -0.4 is 5.73 Å². The van der Waals surface area contributed by atoms with Crippen LogP contribution in [0.3, 0.4) is 0 Å². The number of piperidine rings is 1. The third-order valence-electron chi connectivity index (χ3n) is 2.65. The van der Waals surface area contributed by atoms with Crippen LogP contribution >= 0.6 is 0 Å². The molecule has 1 aliphatic rings. The van der Waals surface area contributed by atoms with Crippen molar-refractivity contribution in [3.05, 3.63) is 0 Å². The van der Waals surface area contributed by atoms with Crippen molar-refractivity contribution in [1.82, 2.24) is 4.90 Å². The summed E-state index contributed by atoms with van der Waals surface area (Å²) in [5, 5.41) is 0. The van der Waals surface area contributed by atoms with Crippen LogP contribution in [0.1, 0.15) is 12.8 Å². The summed E-state index contributed by atoms with van der Waals surface area (Å²) in [6.07, 6.45) is 1.42. The first-order valence-corrected chi connectivity index (χ1v) is 4.64. The Morgan fingerprint density at radius 2 is 2.38 bits per heavy atom. The predicted molar refractivity (Wildman–Crippen MR) is 50.2 cm³/mol. The minimum Gasteiger partial charge on any atom is -0.469 e. The van der Waals surface area contributed by atoms with Crippen LogP contribution in [0.4, 0.5) is 0 Å². The molecule has 1 heterocycles. The molecular formula is C9H18N2O2. The molecule has 0 aliphatic carbocycles. The highest BCUT2D eigenvalue weighted by Gasteiger charge is 2.26. The van der Waals surface area contributed by atoms with E-state index in [1.807, 2.05) is 0 Å². The lowest BCUT2D eigenvalue weighted by atomic mass is 9.90. The second-order valence-corrected chi connectivity index (χ2v) is 3.76. The number of ether oxygens (including phenoxy) is 1. The van der Waals surface area contributed by atoms with Gasteiger partial charge in [-0.2, -0.15) is 0 Å². The van der Waals surface area contributed by atoms with E-state index in [4.69, 9.17) is 5.73 Å². The summed E-state index contributed by atoms with van der Waals surface area (Å²) in [4.78, 5) is 13.2. The number of hydrogen-bond donors (Lipinski definition) is 1. The summed E-state index contributed by atoms with van der Waals surface area (Å²) in [5.74, 6) is 0.0990. The van der Waals surface area contributed by atoms with Gasteiger partial charge in [-0.15, -0.1) is 0 Å². The van der Waals surface area contributed by atoms with Crippen molar-refractivity contribution in [1.29, 1.82) is 0 Å². The van der Waals surface area contributed by atoms with Gasteiger partial charge in [-0.05, 0) is 25.9 Å². The fourth-order valence-electron chi connectivity index (χ4n) is 1.75. The number of carbonyl (C=O) groups excluding carboxylic acids is 1. The monoisotopic (exact) mass is 186 g/mol. The first-order valence-electron chi connectivity index (χ1n) is 4.64. The molecule has 4 nitrogen and oxygen atoms in total. The van der Waals surface area contributed by atoms with E-state index in [2.05, 4.69) is 16.7 Å². The second-order valence-electron chi connectivity index (χ2n) is 3.76. The van der Waals surface area contributed by atoms with E-state index in [1.165, 1.54) is 7.11 Å². The van der Waals surface area contributed by atoms with Gasteiger partial charge >= 0.3 is 5.97 Å². The standard InChI is InChI=1S/C9H18N2O2/c1-11-4-3-8(10)7(6-11)5-9(12)13-2/h7-8H,3-6,10H2,1-2H3/t7-,8+/m0/s1. The van der Waals surface area contributed by atoms with Crippen molar-refractivity contribution >= 4 is 5.97 Å². The maximum Gasteiger partial charge on any atom is 0.305 e. The topological polar surface area (TPSA) is 55.6 Å². The van der Waals surface area contributed by atoms with Crippen LogP contribution in [0.25, 0.3) is 0 Å². The maximum atomic E-state index is 11.0. The Morgan fingerprint density at radius 3 is 3.00 bits per heavy atom. The van der Waals surface area contributed by atoms with Crippen LogP contribution in [0.2, 0.25) is 0 Å². The molecular weight excluding hydrogens is 168 g/mol. The van der Waals surface area contributed by atoms with E-state index in [9.17, 15) is 4.79 Å². The van der Waals surface area contributed by atoms with Crippen molar-refractivity contribution in [2.24, 2.45) is 11.7 Å². The number of likely N-dealkylation sites (tertiary alicyclic amines) is 1. The number of nitrogens with zero attached hydrogens (tertiary/aromatic N) is 1. The molecule has 0 unspecified atom stereocenters. The highest BCUT2D eigenvalue weighted by atomic mass is 16.5. The molecule has 1 aliphatic heterocycles. The number of methoxy groups -OCH3 is 1. The summed E-state index contributed by atoms with van der Waals surface area (Å²) >= 11 is 0. The smallest absolute Gasteiger partial charge is 0.305 e. The largest absolute Gasteiger partial charge is 0.469 e. The van der Waals surface area contributed by atoms with E-state index < -0.39 is 0 Å². The summed E-state index contributed by atoms with van der Waals surface area (Å²) in [6, 6.07) is 0.148. The van der Waals surface area contributed by atoms with Crippen LogP contribution in [0.15, 0.2) is 0 Å². The van der Waals surface area contributed by atoms with E-state index in [0.717, 1.165) is 19.5 Å². The third-order valence-corrected chi connectivity index (χ3v) is 2.65. The summed E-state index contributed by atoms with van der Waals surface area (Å²) < 4.78 is 4.62. The molecule has 0 saturated carbocycles. The molecule has 0 aromatic carbocycles. The summed E-state index contributed by atoms with van der Waals surface area (Å²) in [7, 11) is 3.47. The normalized spacial score (nSPS) is 30.1. The van der Waals surface area contributed by atoms with Gasteiger partial charge in [0.25, 0.3) is 0 Å². The molecule has 2 N–H and O–H groups in total. The average Bonchev–Trinajstić information content (AvgIpc) is 2.11. The average molecular weight is 186 g/mol. The number of nitrogens with two attached hydrogens (primary N) is 1. The highest BCUT2D eigenvalue weighted by molar-refractivity contribution is 5.69. The fourth-order valence-corrected chi connectivity index (χ4v) is 1.75. The summed E-state index contributed by atoms with van der Waals surface area (Å²) in [5.41, 5.74) is 5.91. The fraction of sp³-hybridized carbons (Fsp3) is 0.889. The van der Waals surface area contributed by atoms with Crippen LogP contribution in [0, 0.1) is 5.92 Å². The quantitative estimate of drug-likeness (QED) is 0.608. The third kappa shape index (κ3) is 2.97. The van der Waals surface area contributed by atoms with Gasteiger partial charge in [-0.1, -0.05) is 0 Å². The minimum absolute atomic E-state index is 0.148. The van der Waals surface area contributed by atoms with Crippen molar-refractivity contribution in [2.45, 2.75) is 18.9 Å². The van der Waals surface area contributed by atoms with Gasteiger partial charge in [0, 0.05) is 12.6 Å². The Bertz CT molecular complexity index is 184. The van der Waals surface area contributed by atoms with Gasteiger partial charge < -0.3 is 15.4 Å². The molecule has 0 spiro atoms. The highest BCUT2D eigenvalue weighted by Crippen LogP contribution is 2.17. The van der Waals surface area contributed by atoms with Gasteiger partial charge in [-0.25, -0.2) is 0 Å². The number of esters is 1. The van der Waals surface area contributed by atoms with Gasteiger partial charge in [0.2, 0.25) is 0 Å². The Balaban J connectivity index is 2.41. The van der Waals surface area contributed by atoms with E-state index in [0.29, 0.717) is 6.42 Å². The molecule has 0 aromatic heterocycles. The molecule has 13 heavy (non-hydrogen) atoms. The van der Waals surface area contributed by atoms with Crippen LogP contribution in [-0.2, 0) is 9.53 Å². The van der Waals surface area contributed by atoms with Crippen LogP contribution in [0.5, 0.6) is 0 Å². The lowest BCUT2D eigenvalue weighted by Gasteiger charge is -2.34. The van der Waals surface area contributed by atoms with Crippen molar-refractivity contribution in [3.8, 4) is 0 Å². The van der Waals surface area contributed by atoms with Gasteiger partial charge in [0.15, 0.2) is 0 Å². The molecule has 1 rings (SSSR count). The Kier molecular flexibility index (Phi) is 3.69. The zero-order valence-electron chi connectivity index (χ0n) is 8.32. The van der Waals surface area contributed by atoms with Gasteiger partial charge in [0.05, 0.1) is 13.5 Å². The molecule has 0 aromatic rings.